The van der Waals surface area contributed by atoms with E-state index in [1.807, 2.05) is 21.1 Å². The number of carbonyl (C=O) groups excluding carboxylic acids is 2. The highest BCUT2D eigenvalue weighted by atomic mass is 31.2. The van der Waals surface area contributed by atoms with Crippen molar-refractivity contribution in [2.45, 2.75) is 251 Å². The average molecular weight is 1160 g/mol. The van der Waals surface area contributed by atoms with Gasteiger partial charge in [0.05, 0.1) is 27.7 Å². The number of allylic oxidation sites excluding steroid dienone is 24. The smallest absolute Gasteiger partial charge is 0.462 e. The van der Waals surface area contributed by atoms with Crippen LogP contribution in [0.1, 0.15) is 245 Å². The number of quaternary nitrogens is 1. The number of phosphoric acid groups is 1. The first kappa shape index (κ1) is 77.9. The fraction of sp³-hybridized carbons (Fsp3) is 0.639. The zero-order valence-electron chi connectivity index (χ0n) is 52.9. The van der Waals surface area contributed by atoms with Crippen LogP contribution in [0.15, 0.2) is 146 Å². The fourth-order valence-electron chi connectivity index (χ4n) is 8.37. The van der Waals surface area contributed by atoms with E-state index in [9.17, 15) is 19.0 Å². The number of likely N-dealkylation sites (N-methyl/N-ethyl adjacent to an activating group) is 1. The van der Waals surface area contributed by atoms with E-state index in [-0.39, 0.29) is 32.0 Å². The maximum Gasteiger partial charge on any atom is 0.472 e. The maximum absolute atomic E-state index is 12.8. The molecular formula is C72H121NO8P+. The van der Waals surface area contributed by atoms with Gasteiger partial charge in [0.15, 0.2) is 6.10 Å². The lowest BCUT2D eigenvalue weighted by Crippen LogP contribution is -2.37. The summed E-state index contributed by atoms with van der Waals surface area (Å²) in [6.07, 6.45) is 90.7. The van der Waals surface area contributed by atoms with E-state index in [1.54, 1.807) is 0 Å². The lowest BCUT2D eigenvalue weighted by molar-refractivity contribution is -0.870. The molecule has 0 radical (unpaired) electrons. The Morgan fingerprint density at radius 3 is 1.05 bits per heavy atom. The number of phosphoric ester groups is 1. The van der Waals surface area contributed by atoms with Gasteiger partial charge >= 0.3 is 19.8 Å². The Hall–Kier alpha value is -4.11. The Kier molecular flexibility index (Phi) is 58.4. The summed E-state index contributed by atoms with van der Waals surface area (Å²) in [7, 11) is 1.45. The number of hydrogen-bond donors (Lipinski definition) is 1. The van der Waals surface area contributed by atoms with Crippen LogP contribution in [0.4, 0.5) is 0 Å². The average Bonchev–Trinajstić information content (AvgIpc) is 3.45. The van der Waals surface area contributed by atoms with Gasteiger partial charge < -0.3 is 18.9 Å². The summed E-state index contributed by atoms with van der Waals surface area (Å²) in [6.45, 7) is 4.29. The molecule has 9 nitrogen and oxygen atoms in total. The van der Waals surface area contributed by atoms with E-state index < -0.39 is 26.5 Å². The molecule has 0 heterocycles. The SMILES string of the molecule is CC/C=C\C/C=C\C/C=C\C/C=C\C/C=C\C/C=C\C/C=C\C/C=C\C/C=C\C/C=C\C/C=C\CCCCCCCCCC(=O)OC(COC(=O)CCCCCCCCC/C=C\CCCCCCCC)COP(=O)(O)OCC[N+](C)(C)C. The van der Waals surface area contributed by atoms with Crippen LogP contribution in [0.3, 0.4) is 0 Å². The van der Waals surface area contributed by atoms with Gasteiger partial charge in [-0.25, -0.2) is 4.57 Å². The second-order valence-electron chi connectivity index (χ2n) is 22.4. The van der Waals surface area contributed by atoms with Crippen LogP contribution in [-0.4, -0.2) is 74.9 Å². The Morgan fingerprint density at radius 1 is 0.390 bits per heavy atom. The minimum Gasteiger partial charge on any atom is -0.462 e. The van der Waals surface area contributed by atoms with Crippen molar-refractivity contribution in [2.24, 2.45) is 0 Å². The molecule has 2 atom stereocenters. The Labute approximate surface area is 503 Å². The van der Waals surface area contributed by atoms with Crippen LogP contribution in [0.2, 0.25) is 0 Å². The van der Waals surface area contributed by atoms with Crippen LogP contribution in [-0.2, 0) is 32.7 Å². The third kappa shape index (κ3) is 65.0. The van der Waals surface area contributed by atoms with E-state index in [4.69, 9.17) is 18.5 Å². The van der Waals surface area contributed by atoms with E-state index in [1.165, 1.54) is 83.5 Å². The Bertz CT molecular complexity index is 1890. The van der Waals surface area contributed by atoms with E-state index in [2.05, 4.69) is 160 Å². The number of hydrogen-bond acceptors (Lipinski definition) is 7. The predicted octanol–water partition coefficient (Wildman–Crippen LogP) is 21.0. The van der Waals surface area contributed by atoms with E-state index in [0.717, 1.165) is 128 Å². The van der Waals surface area contributed by atoms with Crippen molar-refractivity contribution in [3.05, 3.63) is 146 Å². The van der Waals surface area contributed by atoms with Gasteiger partial charge in [-0.2, -0.15) is 0 Å². The Morgan fingerprint density at radius 2 is 0.695 bits per heavy atom. The molecule has 0 aliphatic carbocycles. The van der Waals surface area contributed by atoms with Gasteiger partial charge in [-0.05, 0) is 122 Å². The topological polar surface area (TPSA) is 108 Å². The number of carbonyl (C=O) groups is 2. The monoisotopic (exact) mass is 1160 g/mol. The number of rotatable bonds is 58. The summed E-state index contributed by atoms with van der Waals surface area (Å²) >= 11 is 0. The van der Waals surface area contributed by atoms with Crippen molar-refractivity contribution < 1.29 is 42.1 Å². The molecule has 0 aromatic rings. The van der Waals surface area contributed by atoms with Gasteiger partial charge in [0.2, 0.25) is 0 Å². The number of unbranched alkanes of at least 4 members (excludes halogenated alkanes) is 20. The van der Waals surface area contributed by atoms with Crippen molar-refractivity contribution in [1.82, 2.24) is 0 Å². The molecular weight excluding hydrogens is 1040 g/mol. The standard InChI is InChI=1S/C72H120NO8P/c1-6-8-10-12-14-16-18-20-22-24-25-26-27-28-29-30-31-32-33-34-35-36-37-38-39-40-41-42-43-44-45-46-47-49-51-53-55-57-59-61-63-65-72(75)81-70(69-80-82(76,77)79-67-66-73(3,4)5)68-78-71(74)64-62-60-58-56-54-52-50-48-23-21-19-17-15-13-11-9-7-2/h8,10,14,16,20-23,25-26,28-29,31-32,34-35,37-38,40-41,43-44,46-47,70H,6-7,9,11-13,15,17-19,24,27,30,33,36,39,42,45,48-69H2,1-5H3/p+1/b10-8-,16-14-,22-20-,23-21-,26-25-,29-28-,32-31-,35-34-,38-37-,41-40-,44-43-,47-46-. The quantitative estimate of drug-likeness (QED) is 0.0211. The van der Waals surface area contributed by atoms with Crippen molar-refractivity contribution in [3.63, 3.8) is 0 Å². The van der Waals surface area contributed by atoms with Gasteiger partial charge in [-0.1, -0.05) is 256 Å². The summed E-state index contributed by atoms with van der Waals surface area (Å²) < 4.78 is 34.6. The van der Waals surface area contributed by atoms with Gasteiger partial charge in [-0.3, -0.25) is 18.6 Å². The number of esters is 2. The first-order valence-corrected chi connectivity index (χ1v) is 34.1. The highest BCUT2D eigenvalue weighted by molar-refractivity contribution is 7.47. The molecule has 0 rings (SSSR count). The van der Waals surface area contributed by atoms with Crippen molar-refractivity contribution in [2.75, 3.05) is 47.5 Å². The highest BCUT2D eigenvalue weighted by Gasteiger charge is 2.27. The van der Waals surface area contributed by atoms with Gasteiger partial charge in [-0.15, -0.1) is 0 Å². The highest BCUT2D eigenvalue weighted by Crippen LogP contribution is 2.43. The van der Waals surface area contributed by atoms with Crippen molar-refractivity contribution in [1.29, 1.82) is 0 Å². The molecule has 1 N–H and O–H groups in total. The minimum atomic E-state index is -4.40. The molecule has 0 amide bonds. The van der Waals surface area contributed by atoms with Crippen LogP contribution < -0.4 is 0 Å². The largest absolute Gasteiger partial charge is 0.472 e. The predicted molar refractivity (Wildman–Crippen MR) is 353 cm³/mol. The summed E-state index contributed by atoms with van der Waals surface area (Å²) in [4.78, 5) is 35.7. The zero-order chi connectivity index (χ0) is 59.8. The molecule has 0 saturated heterocycles. The van der Waals surface area contributed by atoms with Crippen LogP contribution in [0, 0.1) is 0 Å². The summed E-state index contributed by atoms with van der Waals surface area (Å²) in [5, 5.41) is 0. The van der Waals surface area contributed by atoms with Gasteiger partial charge in [0, 0.05) is 12.8 Å². The third-order valence-corrected chi connectivity index (χ3v) is 14.3. The third-order valence-electron chi connectivity index (χ3n) is 13.4. The molecule has 0 bridgehead atoms. The molecule has 0 aliphatic rings. The van der Waals surface area contributed by atoms with E-state index in [0.29, 0.717) is 17.4 Å². The molecule has 0 aliphatic heterocycles. The number of ether oxygens (including phenoxy) is 2. The van der Waals surface area contributed by atoms with Crippen LogP contribution in [0.25, 0.3) is 0 Å². The normalized spacial score (nSPS) is 14.2. The first-order valence-electron chi connectivity index (χ1n) is 32.6. The van der Waals surface area contributed by atoms with Gasteiger partial charge in [0.1, 0.15) is 19.8 Å². The molecule has 0 aromatic carbocycles. The molecule has 0 fully saturated rings. The second-order valence-corrected chi connectivity index (χ2v) is 23.9. The first-order chi connectivity index (χ1) is 40.0. The molecule has 466 valence electrons. The zero-order valence-corrected chi connectivity index (χ0v) is 53.8. The van der Waals surface area contributed by atoms with Crippen LogP contribution >= 0.6 is 7.82 Å². The second kappa shape index (κ2) is 61.5. The maximum atomic E-state index is 12.8. The molecule has 0 aromatic heterocycles. The summed E-state index contributed by atoms with van der Waals surface area (Å²) in [5.74, 6) is -0.821. The van der Waals surface area contributed by atoms with Crippen molar-refractivity contribution in [3.8, 4) is 0 Å². The molecule has 10 heteroatoms. The lowest BCUT2D eigenvalue weighted by atomic mass is 10.1. The number of nitrogens with zero attached hydrogens (tertiary/aromatic N) is 1. The van der Waals surface area contributed by atoms with E-state index >= 15 is 0 Å². The molecule has 82 heavy (non-hydrogen) atoms. The minimum absolute atomic E-state index is 0.0220. The summed E-state index contributed by atoms with van der Waals surface area (Å²) in [5.41, 5.74) is 0. The Balaban J connectivity index is 4.14. The molecule has 2 unspecified atom stereocenters. The van der Waals surface area contributed by atoms with Gasteiger partial charge in [0.25, 0.3) is 0 Å². The lowest BCUT2D eigenvalue weighted by Gasteiger charge is -2.24. The molecule has 0 spiro atoms. The van der Waals surface area contributed by atoms with Crippen LogP contribution in [0.5, 0.6) is 0 Å². The fourth-order valence-corrected chi connectivity index (χ4v) is 9.11. The molecule has 0 saturated carbocycles. The summed E-state index contributed by atoms with van der Waals surface area (Å²) in [6, 6.07) is 0. The van der Waals surface area contributed by atoms with Crippen molar-refractivity contribution >= 4 is 19.8 Å².